The van der Waals surface area contributed by atoms with Crippen LogP contribution in [0.25, 0.3) is 0 Å². The van der Waals surface area contributed by atoms with E-state index in [1.54, 1.807) is 0 Å². The Morgan fingerprint density at radius 1 is 1.07 bits per heavy atom. The van der Waals surface area contributed by atoms with Gasteiger partial charge >= 0.3 is 0 Å². The highest BCUT2D eigenvalue weighted by atomic mass is 16.9. The Bertz CT molecular complexity index is 171. The minimum Gasteiger partial charge on any atom is -0.314 e. The highest BCUT2D eigenvalue weighted by Crippen LogP contribution is 2.08. The summed E-state index contributed by atoms with van der Waals surface area (Å²) in [5.41, 5.74) is 0. The van der Waals surface area contributed by atoms with Gasteiger partial charge in [-0.25, -0.2) is 0 Å². The van der Waals surface area contributed by atoms with E-state index in [4.69, 9.17) is 0 Å². The number of rotatable bonds is 11. The summed E-state index contributed by atoms with van der Waals surface area (Å²) in [6.07, 6.45) is 11.0. The highest BCUT2D eigenvalue weighted by molar-refractivity contribution is 4.65. The second-order valence-electron chi connectivity index (χ2n) is 3.61. The predicted molar refractivity (Wildman–Crippen MR) is 60.1 cm³/mol. The maximum absolute atomic E-state index is 9.81. The fraction of sp³-hybridized carbons (Fsp3) is 0.818. The fourth-order valence-corrected chi connectivity index (χ4v) is 1.41. The molecule has 15 heavy (non-hydrogen) atoms. The van der Waals surface area contributed by atoms with Crippen LogP contribution >= 0.6 is 0 Å². The zero-order chi connectivity index (χ0) is 11.4. The lowest BCUT2D eigenvalue weighted by atomic mass is 10.1. The van der Waals surface area contributed by atoms with E-state index in [-0.39, 0.29) is 6.61 Å². The third kappa shape index (κ3) is 12.9. The van der Waals surface area contributed by atoms with Gasteiger partial charge in [0.1, 0.15) is 0 Å². The molecule has 0 aliphatic rings. The number of allylic oxidation sites excluding steroid dienone is 1. The summed E-state index contributed by atoms with van der Waals surface area (Å²) < 4.78 is 0. The van der Waals surface area contributed by atoms with E-state index in [9.17, 15) is 10.1 Å². The summed E-state index contributed by atoms with van der Waals surface area (Å²) in [6, 6.07) is 0. The van der Waals surface area contributed by atoms with Gasteiger partial charge in [0.05, 0.1) is 6.61 Å². The van der Waals surface area contributed by atoms with Crippen molar-refractivity contribution in [3.63, 3.8) is 0 Å². The van der Waals surface area contributed by atoms with Gasteiger partial charge in [-0.2, -0.15) is 0 Å². The van der Waals surface area contributed by atoms with Gasteiger partial charge < -0.3 is 4.84 Å². The van der Waals surface area contributed by atoms with E-state index >= 15 is 0 Å². The van der Waals surface area contributed by atoms with Crippen molar-refractivity contribution in [2.75, 3.05) is 6.61 Å². The van der Waals surface area contributed by atoms with Crippen molar-refractivity contribution in [3.8, 4) is 0 Å². The predicted octanol–water partition coefficient (Wildman–Crippen LogP) is 3.50. The zero-order valence-corrected chi connectivity index (χ0v) is 9.32. The lowest BCUT2D eigenvalue weighted by Gasteiger charge is -2.00. The number of unbranched alkanes of at least 4 members (excludes halogenated alkanes) is 7. The van der Waals surface area contributed by atoms with Crippen LogP contribution in [0.3, 0.4) is 0 Å². The first-order valence-corrected chi connectivity index (χ1v) is 5.65. The van der Waals surface area contributed by atoms with E-state index < -0.39 is 5.09 Å². The molecule has 0 radical (unpaired) electrons. The first-order chi connectivity index (χ1) is 7.27. The van der Waals surface area contributed by atoms with Gasteiger partial charge in [-0.15, -0.1) is 16.7 Å². The Hall–Kier alpha value is -1.06. The molecule has 0 bridgehead atoms. The van der Waals surface area contributed by atoms with Gasteiger partial charge in [-0.3, -0.25) is 0 Å². The molecule has 88 valence electrons. The molecule has 0 amide bonds. The Labute approximate surface area is 91.4 Å². The molecule has 0 rings (SSSR count). The summed E-state index contributed by atoms with van der Waals surface area (Å²) in [5, 5.41) is 9.08. The van der Waals surface area contributed by atoms with Gasteiger partial charge in [-0.05, 0) is 19.3 Å². The largest absolute Gasteiger partial charge is 0.314 e. The van der Waals surface area contributed by atoms with Gasteiger partial charge in [-0.1, -0.05) is 38.2 Å². The first-order valence-electron chi connectivity index (χ1n) is 5.65. The quantitative estimate of drug-likeness (QED) is 0.229. The lowest BCUT2D eigenvalue weighted by molar-refractivity contribution is -0.757. The van der Waals surface area contributed by atoms with Crippen LogP contribution in [-0.2, 0) is 4.84 Å². The standard InChI is InChI=1S/C11H21NO3/c1-2-3-4-5-6-7-8-9-10-11-15-12(13)14/h2H,1,3-11H2. The van der Waals surface area contributed by atoms with Crippen LogP contribution in [0.15, 0.2) is 12.7 Å². The van der Waals surface area contributed by atoms with E-state index in [1.807, 2.05) is 6.08 Å². The van der Waals surface area contributed by atoms with Crippen molar-refractivity contribution in [2.45, 2.75) is 51.4 Å². The average Bonchev–Trinajstić information content (AvgIpc) is 2.20. The molecule has 0 atom stereocenters. The van der Waals surface area contributed by atoms with Crippen molar-refractivity contribution in [3.05, 3.63) is 22.8 Å². The summed E-state index contributed by atoms with van der Waals surface area (Å²) in [5.74, 6) is 0. The number of hydrogen-bond donors (Lipinski definition) is 0. The minimum absolute atomic E-state index is 0.240. The molecule has 4 nitrogen and oxygen atoms in total. The number of hydrogen-bond acceptors (Lipinski definition) is 3. The van der Waals surface area contributed by atoms with E-state index in [0.29, 0.717) is 0 Å². The van der Waals surface area contributed by atoms with Crippen molar-refractivity contribution >= 4 is 0 Å². The van der Waals surface area contributed by atoms with Crippen LogP contribution in [0.4, 0.5) is 0 Å². The molecule has 4 heteroatoms. The third-order valence-corrected chi connectivity index (χ3v) is 2.25. The van der Waals surface area contributed by atoms with Crippen molar-refractivity contribution in [1.29, 1.82) is 0 Å². The van der Waals surface area contributed by atoms with Gasteiger partial charge in [0.15, 0.2) is 0 Å². The fourth-order valence-electron chi connectivity index (χ4n) is 1.41. The van der Waals surface area contributed by atoms with Crippen LogP contribution in [0.5, 0.6) is 0 Å². The highest BCUT2D eigenvalue weighted by Gasteiger charge is 1.94. The molecular weight excluding hydrogens is 194 g/mol. The maximum Gasteiger partial charge on any atom is 0.294 e. The topological polar surface area (TPSA) is 52.4 Å². The van der Waals surface area contributed by atoms with E-state index in [2.05, 4.69) is 11.4 Å². The summed E-state index contributed by atoms with van der Waals surface area (Å²) in [6.45, 7) is 3.91. The first kappa shape index (κ1) is 13.9. The van der Waals surface area contributed by atoms with Crippen LogP contribution in [0.1, 0.15) is 51.4 Å². The van der Waals surface area contributed by atoms with Crippen molar-refractivity contribution in [2.24, 2.45) is 0 Å². The molecule has 0 unspecified atom stereocenters. The van der Waals surface area contributed by atoms with Gasteiger partial charge in [0.2, 0.25) is 0 Å². The summed E-state index contributed by atoms with van der Waals surface area (Å²) in [4.78, 5) is 14.0. The second-order valence-corrected chi connectivity index (χ2v) is 3.61. The van der Waals surface area contributed by atoms with Crippen molar-refractivity contribution < 1.29 is 9.92 Å². The molecule has 0 spiro atoms. The molecule has 0 aromatic heterocycles. The maximum atomic E-state index is 9.81. The Morgan fingerprint density at radius 2 is 1.60 bits per heavy atom. The molecule has 0 aromatic carbocycles. The molecule has 0 saturated heterocycles. The Morgan fingerprint density at radius 3 is 2.13 bits per heavy atom. The molecule has 0 aliphatic heterocycles. The zero-order valence-electron chi connectivity index (χ0n) is 9.32. The second kappa shape index (κ2) is 11.0. The molecule has 0 fully saturated rings. The molecule has 0 saturated carbocycles. The normalized spacial score (nSPS) is 9.87. The third-order valence-electron chi connectivity index (χ3n) is 2.25. The molecule has 0 N–H and O–H groups in total. The SMILES string of the molecule is C=CCCCCCCCCCO[N+](=O)[O-]. The van der Waals surface area contributed by atoms with Gasteiger partial charge in [0, 0.05) is 0 Å². The molecule has 0 aromatic rings. The Balaban J connectivity index is 2.92. The monoisotopic (exact) mass is 215 g/mol. The smallest absolute Gasteiger partial charge is 0.294 e. The molecular formula is C11H21NO3. The van der Waals surface area contributed by atoms with Crippen LogP contribution in [-0.4, -0.2) is 11.7 Å². The van der Waals surface area contributed by atoms with Crippen LogP contribution in [0, 0.1) is 10.1 Å². The van der Waals surface area contributed by atoms with E-state index in [1.165, 1.54) is 25.7 Å². The lowest BCUT2D eigenvalue weighted by Crippen LogP contribution is -2.01. The molecule has 0 aliphatic carbocycles. The average molecular weight is 215 g/mol. The molecule has 0 heterocycles. The number of nitrogens with zero attached hydrogens (tertiary/aromatic N) is 1. The summed E-state index contributed by atoms with van der Waals surface area (Å²) in [7, 11) is 0. The van der Waals surface area contributed by atoms with Crippen LogP contribution in [0.2, 0.25) is 0 Å². The van der Waals surface area contributed by atoms with Crippen LogP contribution < -0.4 is 0 Å². The van der Waals surface area contributed by atoms with Gasteiger partial charge in [0.25, 0.3) is 5.09 Å². The summed E-state index contributed by atoms with van der Waals surface area (Å²) >= 11 is 0. The van der Waals surface area contributed by atoms with Crippen molar-refractivity contribution in [1.82, 2.24) is 0 Å². The van der Waals surface area contributed by atoms with E-state index in [0.717, 1.165) is 25.7 Å². The minimum atomic E-state index is -0.727. The Kier molecular flexibility index (Phi) is 10.2.